The number of carbonyl (C=O) groups excluding carboxylic acids is 1. The average molecular weight is 340 g/mol. The van der Waals surface area contributed by atoms with Gasteiger partial charge >= 0.3 is 0 Å². The number of likely N-dealkylation sites (N-methyl/N-ethyl adjacent to an activating group) is 1. The molecule has 1 unspecified atom stereocenters. The number of likely N-dealkylation sites (tertiary alicyclic amines) is 1. The minimum absolute atomic E-state index is 0.0433. The molecule has 2 aromatic rings. The van der Waals surface area contributed by atoms with Gasteiger partial charge in [0.15, 0.2) is 11.5 Å². The molecule has 25 heavy (non-hydrogen) atoms. The minimum atomic E-state index is -0.0433. The summed E-state index contributed by atoms with van der Waals surface area (Å²) in [6.45, 7) is 0.976. The van der Waals surface area contributed by atoms with Gasteiger partial charge in [-0.25, -0.2) is 0 Å². The summed E-state index contributed by atoms with van der Waals surface area (Å²) in [5, 5.41) is 2.99. The summed E-state index contributed by atoms with van der Waals surface area (Å²) in [6.07, 6.45) is 3.18. The number of benzene rings is 2. The topological polar surface area (TPSA) is 50.8 Å². The second kappa shape index (κ2) is 8.03. The largest absolute Gasteiger partial charge is 0.493 e. The van der Waals surface area contributed by atoms with Gasteiger partial charge in [0.1, 0.15) is 5.75 Å². The smallest absolute Gasteiger partial charge is 0.241 e. The van der Waals surface area contributed by atoms with Crippen molar-refractivity contribution in [1.82, 2.24) is 4.90 Å². The maximum atomic E-state index is 12.4. The van der Waals surface area contributed by atoms with E-state index in [0.29, 0.717) is 17.2 Å². The summed E-state index contributed by atoms with van der Waals surface area (Å²) in [5.41, 5.74) is 0.774. The van der Waals surface area contributed by atoms with Crippen molar-refractivity contribution in [2.24, 2.45) is 0 Å². The molecule has 1 atom stereocenters. The van der Waals surface area contributed by atoms with E-state index in [0.717, 1.165) is 31.5 Å². The van der Waals surface area contributed by atoms with Crippen LogP contribution >= 0.6 is 0 Å². The number of ether oxygens (including phenoxy) is 2. The summed E-state index contributed by atoms with van der Waals surface area (Å²) >= 11 is 0. The zero-order valence-corrected chi connectivity index (χ0v) is 14.7. The molecule has 1 saturated heterocycles. The second-order valence-corrected chi connectivity index (χ2v) is 6.26. The third kappa shape index (κ3) is 4.31. The lowest BCUT2D eigenvalue weighted by Crippen LogP contribution is -2.44. The third-order valence-corrected chi connectivity index (χ3v) is 4.49. The Balaban J connectivity index is 1.63. The van der Waals surface area contributed by atoms with E-state index in [2.05, 4.69) is 10.2 Å². The standard InChI is InChI=1S/C20H24N2O3/c1-22-14-6-5-7-17(22)20(23)21-15-10-12-16(13-11-15)25-19-9-4-3-8-18(19)24-2/h3-4,8-13,17H,5-7,14H2,1-2H3,(H,21,23). The maximum Gasteiger partial charge on any atom is 0.241 e. The third-order valence-electron chi connectivity index (χ3n) is 4.49. The monoisotopic (exact) mass is 340 g/mol. The highest BCUT2D eigenvalue weighted by molar-refractivity contribution is 5.94. The number of amides is 1. The number of hydrogen-bond donors (Lipinski definition) is 1. The number of piperidine rings is 1. The van der Waals surface area contributed by atoms with Crippen molar-refractivity contribution in [2.75, 3.05) is 26.0 Å². The number of methoxy groups -OCH3 is 1. The van der Waals surface area contributed by atoms with Crippen molar-refractivity contribution in [1.29, 1.82) is 0 Å². The summed E-state index contributed by atoms with van der Waals surface area (Å²) in [6, 6.07) is 14.8. The first-order valence-corrected chi connectivity index (χ1v) is 8.59. The average Bonchev–Trinajstić information content (AvgIpc) is 2.64. The second-order valence-electron chi connectivity index (χ2n) is 6.26. The lowest BCUT2D eigenvalue weighted by Gasteiger charge is -2.31. The van der Waals surface area contributed by atoms with Crippen LogP contribution in [-0.2, 0) is 4.79 Å². The predicted molar refractivity (Wildman–Crippen MR) is 98.4 cm³/mol. The molecule has 132 valence electrons. The zero-order chi connectivity index (χ0) is 17.6. The van der Waals surface area contributed by atoms with Gasteiger partial charge in [-0.3, -0.25) is 9.69 Å². The van der Waals surface area contributed by atoms with E-state index in [4.69, 9.17) is 9.47 Å². The van der Waals surface area contributed by atoms with Gasteiger partial charge in [-0.2, -0.15) is 0 Å². The molecule has 0 aromatic heterocycles. The summed E-state index contributed by atoms with van der Waals surface area (Å²) in [7, 11) is 3.62. The quantitative estimate of drug-likeness (QED) is 0.896. The normalized spacial score (nSPS) is 17.8. The fourth-order valence-corrected chi connectivity index (χ4v) is 3.07. The zero-order valence-electron chi connectivity index (χ0n) is 14.7. The molecule has 1 heterocycles. The number of anilines is 1. The molecular formula is C20H24N2O3. The molecule has 1 fully saturated rings. The fourth-order valence-electron chi connectivity index (χ4n) is 3.07. The van der Waals surface area contributed by atoms with Gasteiger partial charge < -0.3 is 14.8 Å². The van der Waals surface area contributed by atoms with Crippen molar-refractivity contribution >= 4 is 11.6 Å². The van der Waals surface area contributed by atoms with Crippen LogP contribution in [0.5, 0.6) is 17.2 Å². The first-order chi connectivity index (χ1) is 12.2. The number of nitrogens with one attached hydrogen (secondary N) is 1. The van der Waals surface area contributed by atoms with Gasteiger partial charge in [-0.05, 0) is 62.8 Å². The Kier molecular flexibility index (Phi) is 5.56. The number of rotatable bonds is 5. The van der Waals surface area contributed by atoms with Gasteiger partial charge in [0, 0.05) is 5.69 Å². The molecule has 2 aromatic carbocycles. The lowest BCUT2D eigenvalue weighted by molar-refractivity contribution is -0.121. The van der Waals surface area contributed by atoms with Crippen LogP contribution in [0.4, 0.5) is 5.69 Å². The molecular weight excluding hydrogens is 316 g/mol. The molecule has 3 rings (SSSR count). The predicted octanol–water partition coefficient (Wildman–Crippen LogP) is 3.91. The van der Waals surface area contributed by atoms with Crippen molar-refractivity contribution in [2.45, 2.75) is 25.3 Å². The molecule has 1 N–H and O–H groups in total. The number of carbonyl (C=O) groups is 1. The minimum Gasteiger partial charge on any atom is -0.493 e. The van der Waals surface area contributed by atoms with E-state index < -0.39 is 0 Å². The van der Waals surface area contributed by atoms with Crippen LogP contribution < -0.4 is 14.8 Å². The van der Waals surface area contributed by atoms with E-state index in [1.165, 1.54) is 0 Å². The Hall–Kier alpha value is -2.53. The Morgan fingerprint density at radius 3 is 2.48 bits per heavy atom. The van der Waals surface area contributed by atoms with Crippen molar-refractivity contribution in [3.8, 4) is 17.2 Å². The van der Waals surface area contributed by atoms with Crippen molar-refractivity contribution < 1.29 is 14.3 Å². The van der Waals surface area contributed by atoms with Crippen LogP contribution in [0.15, 0.2) is 48.5 Å². The van der Waals surface area contributed by atoms with Crippen molar-refractivity contribution in [3.05, 3.63) is 48.5 Å². The van der Waals surface area contributed by atoms with Crippen LogP contribution in [-0.4, -0.2) is 37.6 Å². The molecule has 0 aliphatic carbocycles. The van der Waals surface area contributed by atoms with E-state index in [1.807, 2.05) is 55.6 Å². The van der Waals surface area contributed by atoms with E-state index >= 15 is 0 Å². The molecule has 1 aliphatic rings. The Labute approximate surface area is 148 Å². The molecule has 5 nitrogen and oxygen atoms in total. The summed E-state index contributed by atoms with van der Waals surface area (Å²) in [4.78, 5) is 14.6. The van der Waals surface area contributed by atoms with E-state index in [-0.39, 0.29) is 11.9 Å². The lowest BCUT2D eigenvalue weighted by atomic mass is 10.0. The molecule has 0 saturated carbocycles. The highest BCUT2D eigenvalue weighted by atomic mass is 16.5. The number of hydrogen-bond acceptors (Lipinski definition) is 4. The van der Waals surface area contributed by atoms with Gasteiger partial charge in [0.05, 0.1) is 13.2 Å². The van der Waals surface area contributed by atoms with Gasteiger partial charge in [0.2, 0.25) is 5.91 Å². The van der Waals surface area contributed by atoms with Gasteiger partial charge in [-0.15, -0.1) is 0 Å². The fraction of sp³-hybridized carbons (Fsp3) is 0.350. The SMILES string of the molecule is COc1ccccc1Oc1ccc(NC(=O)C2CCCCN2C)cc1. The van der Waals surface area contributed by atoms with Crippen LogP contribution in [0.2, 0.25) is 0 Å². The van der Waals surface area contributed by atoms with Crippen LogP contribution in [0.25, 0.3) is 0 Å². The van der Waals surface area contributed by atoms with Gasteiger partial charge in [-0.1, -0.05) is 18.6 Å². The maximum absolute atomic E-state index is 12.4. The van der Waals surface area contributed by atoms with E-state index in [1.54, 1.807) is 7.11 Å². The number of para-hydroxylation sites is 2. The summed E-state index contributed by atoms with van der Waals surface area (Å²) < 4.78 is 11.1. The highest BCUT2D eigenvalue weighted by Gasteiger charge is 2.25. The molecule has 0 spiro atoms. The molecule has 5 heteroatoms. The van der Waals surface area contributed by atoms with Crippen LogP contribution in [0.1, 0.15) is 19.3 Å². The van der Waals surface area contributed by atoms with E-state index in [9.17, 15) is 4.79 Å². The Morgan fingerprint density at radius 2 is 1.80 bits per heavy atom. The Morgan fingerprint density at radius 1 is 1.08 bits per heavy atom. The van der Waals surface area contributed by atoms with Crippen molar-refractivity contribution in [3.63, 3.8) is 0 Å². The molecule has 0 radical (unpaired) electrons. The molecule has 0 bridgehead atoms. The molecule has 1 amide bonds. The first kappa shape index (κ1) is 17.3. The van der Waals surface area contributed by atoms with Crippen LogP contribution in [0, 0.1) is 0 Å². The van der Waals surface area contributed by atoms with Gasteiger partial charge in [0.25, 0.3) is 0 Å². The first-order valence-electron chi connectivity index (χ1n) is 8.59. The highest BCUT2D eigenvalue weighted by Crippen LogP contribution is 2.31. The number of nitrogens with zero attached hydrogens (tertiary/aromatic N) is 1. The summed E-state index contributed by atoms with van der Waals surface area (Å²) in [5.74, 6) is 2.09. The van der Waals surface area contributed by atoms with Crippen LogP contribution in [0.3, 0.4) is 0 Å². The Bertz CT molecular complexity index is 715. The molecule has 1 aliphatic heterocycles.